The van der Waals surface area contributed by atoms with Gasteiger partial charge in [-0.2, -0.15) is 0 Å². The highest BCUT2D eigenvalue weighted by Gasteiger charge is 2.22. The third-order valence-electron chi connectivity index (χ3n) is 3.25. The molecule has 0 bridgehead atoms. The molecule has 2 heterocycles. The predicted molar refractivity (Wildman–Crippen MR) is 82.5 cm³/mol. The Bertz CT molecular complexity index is 912. The Balaban J connectivity index is 2.21. The van der Waals surface area contributed by atoms with Gasteiger partial charge in [0.2, 0.25) is 0 Å². The second-order valence-corrected chi connectivity index (χ2v) is 5.22. The van der Waals surface area contributed by atoms with Gasteiger partial charge >= 0.3 is 6.09 Å². The van der Waals surface area contributed by atoms with Crippen molar-refractivity contribution in [3.63, 3.8) is 0 Å². The quantitative estimate of drug-likeness (QED) is 0.885. The van der Waals surface area contributed by atoms with E-state index in [0.29, 0.717) is 18.5 Å². The number of carbonyl (C=O) groups is 1. The monoisotopic (exact) mass is 293 g/mol. The number of ether oxygens (including phenoxy) is 1. The molecule has 1 aliphatic rings. The van der Waals surface area contributed by atoms with Gasteiger partial charge in [0, 0.05) is 26.4 Å². The van der Waals surface area contributed by atoms with Crippen molar-refractivity contribution in [3.05, 3.63) is 35.4 Å². The van der Waals surface area contributed by atoms with E-state index in [1.165, 1.54) is 0 Å². The zero-order chi connectivity index (χ0) is 20.1. The number of hydrogen-bond acceptors (Lipinski definition) is 3. The van der Waals surface area contributed by atoms with Crippen LogP contribution >= 0.6 is 0 Å². The molecule has 1 saturated heterocycles. The van der Waals surface area contributed by atoms with E-state index < -0.39 is 24.6 Å². The Kier molecular flexibility index (Phi) is 2.32. The standard InChI is InChI=1S/C16H21N3O2/c1-19(2)6-5-12-9-17-15-4-3-11(8-14(12)15)7-13-10-21-16(20)18-13/h3-4,8-9,13,17H,5-7,10H2,1-2H3,(H,18,20)/t13-/m0/s1/i3D,4D,7D2,8D,9D. The zero-order valence-corrected chi connectivity index (χ0v) is 12.0. The van der Waals surface area contributed by atoms with Crippen molar-refractivity contribution in [2.24, 2.45) is 0 Å². The molecule has 21 heavy (non-hydrogen) atoms. The molecule has 1 fully saturated rings. The second kappa shape index (κ2) is 5.77. The fraction of sp³-hybridized carbons (Fsp3) is 0.438. The highest BCUT2D eigenvalue weighted by atomic mass is 16.6. The first-order valence-corrected chi connectivity index (χ1v) is 6.75. The molecule has 0 saturated carbocycles. The molecule has 3 rings (SSSR count). The fourth-order valence-corrected chi connectivity index (χ4v) is 2.16. The molecule has 1 amide bonds. The van der Waals surface area contributed by atoms with Crippen molar-refractivity contribution >= 4 is 17.0 Å². The lowest BCUT2D eigenvalue weighted by Crippen LogP contribution is -2.28. The van der Waals surface area contributed by atoms with E-state index in [1.54, 1.807) is 0 Å². The van der Waals surface area contributed by atoms with Crippen LogP contribution < -0.4 is 5.32 Å². The van der Waals surface area contributed by atoms with Crippen LogP contribution in [0.3, 0.4) is 0 Å². The number of aromatic amines is 1. The number of hydrogen-bond donors (Lipinski definition) is 2. The summed E-state index contributed by atoms with van der Waals surface area (Å²) in [4.78, 5) is 16.0. The Morgan fingerprint density at radius 1 is 1.52 bits per heavy atom. The maximum atomic E-state index is 11.3. The number of rotatable bonds is 5. The molecule has 0 radical (unpaired) electrons. The molecule has 2 N–H and O–H groups in total. The lowest BCUT2D eigenvalue weighted by atomic mass is 10.0. The van der Waals surface area contributed by atoms with Crippen molar-refractivity contribution in [1.82, 2.24) is 15.2 Å². The summed E-state index contributed by atoms with van der Waals surface area (Å²) in [5.41, 5.74) is 0.428. The van der Waals surface area contributed by atoms with Crippen molar-refractivity contribution in [2.75, 3.05) is 27.2 Å². The minimum atomic E-state index is -2.28. The maximum absolute atomic E-state index is 11.3. The number of likely N-dealkylation sites (N-methyl/N-ethyl adjacent to an activating group) is 1. The van der Waals surface area contributed by atoms with Gasteiger partial charge in [-0.25, -0.2) is 4.79 Å². The minimum Gasteiger partial charge on any atom is -0.447 e. The summed E-state index contributed by atoms with van der Waals surface area (Å²) in [5, 5.41) is 2.64. The molecular formula is C16H21N3O2. The Labute approximate surface area is 132 Å². The van der Waals surface area contributed by atoms with Crippen molar-refractivity contribution in [1.29, 1.82) is 0 Å². The van der Waals surface area contributed by atoms with Crippen LogP contribution in [-0.4, -0.2) is 49.3 Å². The smallest absolute Gasteiger partial charge is 0.407 e. The molecule has 5 nitrogen and oxygen atoms in total. The zero-order valence-electron chi connectivity index (χ0n) is 18.0. The molecule has 1 atom stereocenters. The normalized spacial score (nSPS) is 23.0. The number of aromatic nitrogens is 1. The molecule has 5 heteroatoms. The van der Waals surface area contributed by atoms with E-state index in [9.17, 15) is 4.79 Å². The summed E-state index contributed by atoms with van der Waals surface area (Å²) in [5.74, 6) is 0. The molecule has 1 aromatic carbocycles. The number of amides is 1. The summed E-state index contributed by atoms with van der Waals surface area (Å²) in [6.45, 7) is 0.392. The Hall–Kier alpha value is -2.01. The van der Waals surface area contributed by atoms with Crippen LogP contribution in [0.2, 0.25) is 0 Å². The van der Waals surface area contributed by atoms with E-state index in [4.69, 9.17) is 13.0 Å². The number of carbonyl (C=O) groups excluding carboxylic acids is 1. The first kappa shape index (κ1) is 8.44. The number of nitrogens with one attached hydrogen (secondary N) is 2. The Morgan fingerprint density at radius 3 is 3.10 bits per heavy atom. The summed E-state index contributed by atoms with van der Waals surface area (Å²) in [6.07, 6.45) is -2.53. The highest BCUT2D eigenvalue weighted by molar-refractivity contribution is 5.84. The number of fused-ring (bicyclic) bond motifs is 1. The first-order chi connectivity index (χ1) is 12.6. The maximum Gasteiger partial charge on any atom is 0.407 e. The number of H-pyrrole nitrogens is 1. The molecule has 0 spiro atoms. The van der Waals surface area contributed by atoms with Crippen LogP contribution in [-0.2, 0) is 17.5 Å². The van der Waals surface area contributed by atoms with E-state index in [1.807, 2.05) is 19.0 Å². The molecule has 1 aliphatic heterocycles. The SMILES string of the molecule is [2H]c1[nH]c2c([2H])c([2H])c(C([2H])([2H])[C@H]3COC(=O)N3)c([2H])c2c1CCN(C)C. The molecule has 0 aliphatic carbocycles. The van der Waals surface area contributed by atoms with E-state index in [2.05, 4.69) is 10.3 Å². The van der Waals surface area contributed by atoms with Crippen LogP contribution in [0.4, 0.5) is 4.79 Å². The van der Waals surface area contributed by atoms with E-state index >= 15 is 0 Å². The Morgan fingerprint density at radius 2 is 2.38 bits per heavy atom. The van der Waals surface area contributed by atoms with Crippen molar-refractivity contribution in [3.8, 4) is 0 Å². The first-order valence-electron chi connectivity index (χ1n) is 9.75. The molecule has 0 unspecified atom stereocenters. The fourth-order valence-electron chi connectivity index (χ4n) is 2.16. The average Bonchev–Trinajstić information content (AvgIpc) is 3.15. The van der Waals surface area contributed by atoms with E-state index in [-0.39, 0.29) is 41.3 Å². The van der Waals surface area contributed by atoms with Crippen LogP contribution in [0, 0.1) is 0 Å². The summed E-state index contributed by atoms with van der Waals surface area (Å²) >= 11 is 0. The third-order valence-corrected chi connectivity index (χ3v) is 3.25. The molecular weight excluding hydrogens is 266 g/mol. The second-order valence-electron chi connectivity index (χ2n) is 5.22. The average molecular weight is 293 g/mol. The van der Waals surface area contributed by atoms with Gasteiger partial charge in [0.25, 0.3) is 0 Å². The summed E-state index contributed by atoms with van der Waals surface area (Å²) in [7, 11) is 3.76. The van der Waals surface area contributed by atoms with Gasteiger partial charge in [0.1, 0.15) is 6.61 Å². The molecule has 2 aromatic rings. The van der Waals surface area contributed by atoms with Gasteiger partial charge in [-0.05, 0) is 50.1 Å². The lowest BCUT2D eigenvalue weighted by molar-refractivity contribution is 0.177. The summed E-state index contributed by atoms with van der Waals surface area (Å²) in [6, 6.07) is -2.00. The van der Waals surface area contributed by atoms with Gasteiger partial charge in [-0.3, -0.25) is 0 Å². The minimum absolute atomic E-state index is 0.0588. The third kappa shape index (κ3) is 3.19. The van der Waals surface area contributed by atoms with Crippen LogP contribution in [0.15, 0.2) is 24.3 Å². The largest absolute Gasteiger partial charge is 0.447 e. The predicted octanol–water partition coefficient (Wildman–Crippen LogP) is 1.92. The number of nitrogens with zero attached hydrogens (tertiary/aromatic N) is 1. The summed E-state index contributed by atoms with van der Waals surface area (Å²) < 4.78 is 54.9. The van der Waals surface area contributed by atoms with Gasteiger partial charge in [0.05, 0.1) is 11.5 Å². The lowest BCUT2D eigenvalue weighted by Gasteiger charge is -2.09. The van der Waals surface area contributed by atoms with Gasteiger partial charge in [-0.15, -0.1) is 0 Å². The van der Waals surface area contributed by atoms with Gasteiger partial charge in [-0.1, -0.05) is 6.04 Å². The van der Waals surface area contributed by atoms with Crippen LogP contribution in [0.5, 0.6) is 0 Å². The number of benzene rings is 1. The van der Waals surface area contributed by atoms with Gasteiger partial charge in [0.15, 0.2) is 0 Å². The van der Waals surface area contributed by atoms with Gasteiger partial charge < -0.3 is 19.9 Å². The number of alkyl carbamates (subject to hydrolysis) is 1. The van der Waals surface area contributed by atoms with Crippen LogP contribution in [0.25, 0.3) is 10.9 Å². The molecule has 1 aromatic heterocycles. The van der Waals surface area contributed by atoms with Crippen molar-refractivity contribution < 1.29 is 17.8 Å². The highest BCUT2D eigenvalue weighted by Crippen LogP contribution is 2.21. The van der Waals surface area contributed by atoms with Crippen LogP contribution in [0.1, 0.15) is 19.4 Å². The van der Waals surface area contributed by atoms with Crippen molar-refractivity contribution in [2.45, 2.75) is 18.8 Å². The topological polar surface area (TPSA) is 57.4 Å². The molecule has 112 valence electrons. The van der Waals surface area contributed by atoms with E-state index in [0.717, 1.165) is 0 Å². The number of cyclic esters (lactones) is 1.